The van der Waals surface area contributed by atoms with Gasteiger partial charge in [0, 0.05) is 47.6 Å². The molecule has 2 aliphatic carbocycles. The molecule has 1 fully saturated rings. The van der Waals surface area contributed by atoms with Crippen molar-refractivity contribution in [1.29, 1.82) is 0 Å². The van der Waals surface area contributed by atoms with Crippen molar-refractivity contribution in [1.82, 2.24) is 0 Å². The minimum Gasteiger partial charge on any atom is -0.507 e. The first-order chi connectivity index (χ1) is 18.0. The molecule has 2 aromatic carbocycles. The largest absolute Gasteiger partial charge is 0.507 e. The highest BCUT2D eigenvalue weighted by molar-refractivity contribution is 6.30. The maximum absolute atomic E-state index is 13.4. The number of aromatic hydroxyl groups is 2. The summed E-state index contributed by atoms with van der Waals surface area (Å²) in [5.41, 5.74) is 3.96. The summed E-state index contributed by atoms with van der Waals surface area (Å²) in [7, 11) is 0. The van der Waals surface area contributed by atoms with Crippen LogP contribution in [0.1, 0.15) is 75.8 Å². The number of carbonyl (C=O) groups excluding carboxylic acids is 3. The Labute approximate surface area is 217 Å². The lowest BCUT2D eigenvalue weighted by Crippen LogP contribution is -2.52. The number of hydrogen-bond donors (Lipinski definition) is 5. The lowest BCUT2D eigenvalue weighted by atomic mass is 9.71. The lowest BCUT2D eigenvalue weighted by molar-refractivity contribution is -0.243. The van der Waals surface area contributed by atoms with Crippen LogP contribution >= 0.6 is 0 Å². The number of fused-ring (bicyclic) bond motifs is 3. The average Bonchev–Trinajstić information content (AvgIpc) is 2.87. The Kier molecular flexibility index (Phi) is 6.30. The first-order valence-corrected chi connectivity index (χ1v) is 12.2. The van der Waals surface area contributed by atoms with Crippen LogP contribution in [0.25, 0.3) is 0 Å². The van der Waals surface area contributed by atoms with E-state index in [1.165, 1.54) is 19.1 Å². The first kappa shape index (κ1) is 25.9. The topological polar surface area (TPSA) is 207 Å². The number of Topliss-reactive ketones (excluding diaryl/α,β-unsaturated/α-hetero) is 1. The highest BCUT2D eigenvalue weighted by Gasteiger charge is 2.50. The zero-order valence-electron chi connectivity index (χ0n) is 20.7. The van der Waals surface area contributed by atoms with Crippen LogP contribution in [0.5, 0.6) is 11.5 Å². The molecule has 0 bridgehead atoms. The van der Waals surface area contributed by atoms with Gasteiger partial charge in [0.25, 0.3) is 0 Å². The van der Waals surface area contributed by atoms with Crippen molar-refractivity contribution in [3.63, 3.8) is 0 Å². The van der Waals surface area contributed by atoms with Gasteiger partial charge in [-0.3, -0.25) is 14.4 Å². The van der Waals surface area contributed by atoms with E-state index in [1.54, 1.807) is 19.1 Å². The Bertz CT molecular complexity index is 1380. The normalized spacial score (nSPS) is 30.6. The van der Waals surface area contributed by atoms with Crippen molar-refractivity contribution < 1.29 is 39.2 Å². The van der Waals surface area contributed by atoms with Gasteiger partial charge in [-0.2, -0.15) is 5.11 Å². The summed E-state index contributed by atoms with van der Waals surface area (Å²) < 4.78 is 11.9. The molecule has 0 saturated carbocycles. The summed E-state index contributed by atoms with van der Waals surface area (Å²) in [5.74, 6) is 2.51. The third-order valence-electron chi connectivity index (χ3n) is 7.75. The van der Waals surface area contributed by atoms with Crippen LogP contribution in [-0.4, -0.2) is 62.7 Å². The van der Waals surface area contributed by atoms with Crippen molar-refractivity contribution in [2.45, 2.75) is 69.3 Å². The Morgan fingerprint density at radius 3 is 2.29 bits per heavy atom. The second-order valence-electron chi connectivity index (χ2n) is 10.0. The van der Waals surface area contributed by atoms with Crippen LogP contribution in [-0.2, 0) is 20.7 Å². The maximum Gasteiger partial charge on any atom is 0.198 e. The van der Waals surface area contributed by atoms with Crippen molar-refractivity contribution in [3.05, 3.63) is 57.6 Å². The van der Waals surface area contributed by atoms with E-state index < -0.39 is 65.0 Å². The molecule has 200 valence electrons. The molecule has 0 radical (unpaired) electrons. The lowest BCUT2D eigenvalue weighted by Gasteiger charge is -2.42. The number of phenolic OH excluding ortho intramolecular Hbond substituents is 2. The van der Waals surface area contributed by atoms with Crippen LogP contribution in [0.4, 0.5) is 0 Å². The molecule has 1 heterocycles. The fourth-order valence-corrected chi connectivity index (χ4v) is 5.68. The zero-order valence-corrected chi connectivity index (χ0v) is 20.7. The Morgan fingerprint density at radius 1 is 1.13 bits per heavy atom. The van der Waals surface area contributed by atoms with Gasteiger partial charge in [-0.15, -0.1) is 0 Å². The van der Waals surface area contributed by atoms with Gasteiger partial charge in [-0.05, 0) is 13.8 Å². The minimum absolute atomic E-state index is 0.00817. The zero-order chi connectivity index (χ0) is 27.5. The van der Waals surface area contributed by atoms with E-state index in [9.17, 15) is 29.7 Å². The molecule has 38 heavy (non-hydrogen) atoms. The summed E-state index contributed by atoms with van der Waals surface area (Å²) in [5, 5.41) is 40.4. The molecule has 12 nitrogen and oxygen atoms in total. The van der Waals surface area contributed by atoms with Crippen molar-refractivity contribution in [3.8, 4) is 11.5 Å². The summed E-state index contributed by atoms with van der Waals surface area (Å²) in [4.78, 5) is 39.7. The second-order valence-corrected chi connectivity index (χ2v) is 10.0. The van der Waals surface area contributed by atoms with E-state index >= 15 is 0 Å². The number of nitrogens with two attached hydrogens (primary N) is 2. The monoisotopic (exact) mass is 524 g/mol. The standard InChI is InChI=1S/C26H28N4O8/c1-10-21(32)15(27)7-17(37-10)38-16-9-26(11(2)31,29-30-28)8-14-18(16)25(36)20-19(24(14)35)22(33)12-5-3-4-6-13(12)23(20)34/h3-6,10,15-17,21,32,35-36H,7-9,27H2,1-2H3,(H2,28,29)/t10-,15-,16-,17?,21+,26-/m0/s1. The van der Waals surface area contributed by atoms with Gasteiger partial charge < -0.3 is 36.4 Å². The second kappa shape index (κ2) is 9.24. The number of rotatable bonds is 4. The van der Waals surface area contributed by atoms with Crippen molar-refractivity contribution in [2.75, 3.05) is 0 Å². The number of ether oxygens (including phenoxy) is 2. The molecule has 0 aromatic heterocycles. The molecular formula is C26H28N4O8. The van der Waals surface area contributed by atoms with Crippen LogP contribution < -0.4 is 11.6 Å². The third kappa shape index (κ3) is 3.79. The fraction of sp³-hybridized carbons (Fsp3) is 0.423. The molecule has 1 saturated heterocycles. The van der Waals surface area contributed by atoms with Gasteiger partial charge in [0.2, 0.25) is 0 Å². The average molecular weight is 525 g/mol. The predicted octanol–water partition coefficient (Wildman–Crippen LogP) is 1.35. The maximum atomic E-state index is 13.4. The molecule has 2 aromatic rings. The highest BCUT2D eigenvalue weighted by Crippen LogP contribution is 2.52. The fourth-order valence-electron chi connectivity index (χ4n) is 5.68. The van der Waals surface area contributed by atoms with E-state index in [1.807, 2.05) is 0 Å². The number of aliphatic hydroxyl groups excluding tert-OH is 1. The van der Waals surface area contributed by atoms with Crippen LogP contribution in [0.15, 0.2) is 34.6 Å². The van der Waals surface area contributed by atoms with Crippen LogP contribution in [0.2, 0.25) is 0 Å². The van der Waals surface area contributed by atoms with E-state index in [-0.39, 0.29) is 52.6 Å². The third-order valence-corrected chi connectivity index (χ3v) is 7.75. The van der Waals surface area contributed by atoms with Crippen LogP contribution in [0, 0.1) is 0 Å². The van der Waals surface area contributed by atoms with Crippen molar-refractivity contribution >= 4 is 17.3 Å². The van der Waals surface area contributed by atoms with Crippen LogP contribution in [0.3, 0.4) is 0 Å². The quantitative estimate of drug-likeness (QED) is 0.143. The van der Waals surface area contributed by atoms with Gasteiger partial charge in [0.1, 0.15) is 17.0 Å². The molecule has 1 aliphatic heterocycles. The number of carbonyl (C=O) groups is 3. The molecule has 1 unspecified atom stereocenters. The number of hydrogen-bond acceptors (Lipinski definition) is 11. The number of aliphatic hydroxyl groups is 1. The van der Waals surface area contributed by atoms with Gasteiger partial charge in [0.05, 0.1) is 29.4 Å². The molecule has 3 aliphatic rings. The summed E-state index contributed by atoms with van der Waals surface area (Å²) >= 11 is 0. The van der Waals surface area contributed by atoms with E-state index in [2.05, 4.69) is 10.3 Å². The first-order valence-electron chi connectivity index (χ1n) is 12.2. The Hall–Kier alpha value is -3.71. The molecule has 7 N–H and O–H groups in total. The van der Waals surface area contributed by atoms with E-state index in [4.69, 9.17) is 21.1 Å². The Morgan fingerprint density at radius 2 is 1.74 bits per heavy atom. The van der Waals surface area contributed by atoms with Gasteiger partial charge in [-0.1, -0.05) is 29.5 Å². The van der Waals surface area contributed by atoms with Gasteiger partial charge >= 0.3 is 0 Å². The summed E-state index contributed by atoms with van der Waals surface area (Å²) in [6, 6.07) is 5.43. The van der Waals surface area contributed by atoms with Crippen molar-refractivity contribution in [2.24, 2.45) is 21.9 Å². The smallest absolute Gasteiger partial charge is 0.198 e. The Balaban J connectivity index is 1.70. The minimum atomic E-state index is -1.59. The number of ketones is 3. The summed E-state index contributed by atoms with van der Waals surface area (Å²) in [6.45, 7) is 2.90. The molecule has 0 amide bonds. The molecule has 6 atom stereocenters. The molecule has 5 rings (SSSR count). The van der Waals surface area contributed by atoms with Gasteiger partial charge in [0.15, 0.2) is 23.6 Å². The number of benzene rings is 2. The summed E-state index contributed by atoms with van der Waals surface area (Å²) in [6.07, 6.45) is -4.04. The molecule has 12 heteroatoms. The predicted molar refractivity (Wildman–Crippen MR) is 131 cm³/mol. The number of phenols is 2. The number of nitrogens with zero attached hydrogens (tertiary/aromatic N) is 2. The SMILES string of the molecule is CC(=O)[C@]1(N=NN)Cc2c(O)c3c(c(O)c2[C@@H](OC2C[C@H](N)[C@H](O)[C@H](C)O2)C1)C(=O)c1ccccc1C3=O. The van der Waals surface area contributed by atoms with E-state index in [0.717, 1.165) is 0 Å². The molecular weight excluding hydrogens is 496 g/mol. The van der Waals surface area contributed by atoms with E-state index in [0.29, 0.717) is 0 Å². The molecule has 0 spiro atoms. The van der Waals surface area contributed by atoms with Gasteiger partial charge in [-0.25, -0.2) is 0 Å². The highest BCUT2D eigenvalue weighted by atomic mass is 16.7.